The Morgan fingerprint density at radius 2 is 1.96 bits per heavy atom. The van der Waals surface area contributed by atoms with E-state index in [0.29, 0.717) is 21.5 Å². The number of halogens is 2. The number of hydrogen-bond donors (Lipinski definition) is 1. The minimum Gasteiger partial charge on any atom is -0.496 e. The van der Waals surface area contributed by atoms with Gasteiger partial charge in [-0.05, 0) is 37.9 Å². The van der Waals surface area contributed by atoms with Crippen molar-refractivity contribution in [2.75, 3.05) is 14.2 Å². The Morgan fingerprint density at radius 1 is 1.26 bits per heavy atom. The summed E-state index contributed by atoms with van der Waals surface area (Å²) in [6.07, 6.45) is 3.17. The van der Waals surface area contributed by atoms with Crippen LogP contribution in [0.4, 0.5) is 0 Å². The maximum Gasteiger partial charge on any atom is 0.293 e. The SMILES string of the molecule is COc1cc(OC)c(C=NNC(=O)c2nn(C)cc2Br)cc1Br. The monoisotopic (exact) mass is 444 g/mol. The van der Waals surface area contributed by atoms with E-state index in [1.54, 1.807) is 39.6 Å². The average molecular weight is 446 g/mol. The second kappa shape index (κ2) is 7.60. The summed E-state index contributed by atoms with van der Waals surface area (Å²) in [5, 5.41) is 7.98. The third-order valence-corrected chi connectivity index (χ3v) is 4.07. The van der Waals surface area contributed by atoms with Gasteiger partial charge in [0.1, 0.15) is 11.5 Å². The summed E-state index contributed by atoms with van der Waals surface area (Å²) < 4.78 is 13.4. The number of methoxy groups -OCH3 is 2. The summed E-state index contributed by atoms with van der Waals surface area (Å²) in [6.45, 7) is 0. The highest BCUT2D eigenvalue weighted by molar-refractivity contribution is 9.10. The van der Waals surface area contributed by atoms with Crippen LogP contribution < -0.4 is 14.9 Å². The molecule has 1 N–H and O–H groups in total. The number of carbonyl (C=O) groups excluding carboxylic acids is 1. The molecule has 1 aromatic carbocycles. The van der Waals surface area contributed by atoms with Crippen LogP contribution in [0.3, 0.4) is 0 Å². The van der Waals surface area contributed by atoms with E-state index in [9.17, 15) is 4.79 Å². The Bertz CT molecular complexity index is 759. The number of amides is 1. The van der Waals surface area contributed by atoms with Crippen LogP contribution in [0.5, 0.6) is 11.5 Å². The first-order valence-corrected chi connectivity index (χ1v) is 7.99. The number of aryl methyl sites for hydroxylation is 1. The van der Waals surface area contributed by atoms with Crippen molar-refractivity contribution in [3.8, 4) is 11.5 Å². The van der Waals surface area contributed by atoms with Crippen LogP contribution in [0.2, 0.25) is 0 Å². The molecular formula is C14H14Br2N4O3. The highest BCUT2D eigenvalue weighted by Crippen LogP contribution is 2.31. The van der Waals surface area contributed by atoms with E-state index in [1.165, 1.54) is 10.9 Å². The second-order valence-electron chi connectivity index (χ2n) is 4.43. The Morgan fingerprint density at radius 3 is 2.52 bits per heavy atom. The number of carbonyl (C=O) groups is 1. The molecule has 0 spiro atoms. The van der Waals surface area contributed by atoms with Gasteiger partial charge in [-0.3, -0.25) is 9.48 Å². The molecule has 1 heterocycles. The number of hydrazone groups is 1. The van der Waals surface area contributed by atoms with Gasteiger partial charge in [-0.2, -0.15) is 10.2 Å². The van der Waals surface area contributed by atoms with Gasteiger partial charge >= 0.3 is 0 Å². The molecule has 0 radical (unpaired) electrons. The van der Waals surface area contributed by atoms with Gasteiger partial charge in [0.2, 0.25) is 0 Å². The van der Waals surface area contributed by atoms with Crippen LogP contribution in [0.25, 0.3) is 0 Å². The zero-order chi connectivity index (χ0) is 17.0. The summed E-state index contributed by atoms with van der Waals surface area (Å²) in [5.74, 6) is 0.794. The summed E-state index contributed by atoms with van der Waals surface area (Å²) in [7, 11) is 4.84. The van der Waals surface area contributed by atoms with E-state index >= 15 is 0 Å². The molecule has 0 aliphatic carbocycles. The first-order valence-electron chi connectivity index (χ1n) is 6.40. The maximum absolute atomic E-state index is 12.0. The molecule has 1 aromatic heterocycles. The molecular weight excluding hydrogens is 432 g/mol. The fourth-order valence-corrected chi connectivity index (χ4v) is 2.89. The largest absolute Gasteiger partial charge is 0.496 e. The second-order valence-corrected chi connectivity index (χ2v) is 6.14. The van der Waals surface area contributed by atoms with Crippen LogP contribution in [0.1, 0.15) is 16.1 Å². The zero-order valence-corrected chi connectivity index (χ0v) is 15.8. The van der Waals surface area contributed by atoms with Crippen molar-refractivity contribution >= 4 is 44.0 Å². The van der Waals surface area contributed by atoms with E-state index in [2.05, 4.69) is 47.5 Å². The Kier molecular flexibility index (Phi) is 5.78. The molecule has 9 heteroatoms. The molecule has 0 atom stereocenters. The molecule has 2 aromatic rings. The summed E-state index contributed by atoms with van der Waals surface area (Å²) in [5.41, 5.74) is 3.36. The molecule has 0 saturated heterocycles. The molecule has 122 valence electrons. The molecule has 23 heavy (non-hydrogen) atoms. The van der Waals surface area contributed by atoms with Crippen molar-refractivity contribution in [3.05, 3.63) is 38.5 Å². The summed E-state index contributed by atoms with van der Waals surface area (Å²) >= 11 is 6.66. The van der Waals surface area contributed by atoms with Crippen molar-refractivity contribution in [2.45, 2.75) is 0 Å². The normalized spacial score (nSPS) is 10.8. The van der Waals surface area contributed by atoms with E-state index in [0.717, 1.165) is 4.47 Å². The predicted molar refractivity (Wildman–Crippen MR) is 93.2 cm³/mol. The lowest BCUT2D eigenvalue weighted by molar-refractivity contribution is 0.0948. The minimum absolute atomic E-state index is 0.257. The van der Waals surface area contributed by atoms with Crippen LogP contribution in [-0.2, 0) is 7.05 Å². The highest BCUT2D eigenvalue weighted by Gasteiger charge is 2.13. The molecule has 0 bridgehead atoms. The summed E-state index contributed by atoms with van der Waals surface area (Å²) in [4.78, 5) is 12.0. The fraction of sp³-hybridized carbons (Fsp3) is 0.214. The Hall–Kier alpha value is -1.87. The van der Waals surface area contributed by atoms with E-state index in [-0.39, 0.29) is 5.69 Å². The Labute approximate surface area is 149 Å². The number of nitrogens with zero attached hydrogens (tertiary/aromatic N) is 3. The van der Waals surface area contributed by atoms with E-state index in [1.807, 2.05) is 0 Å². The number of aromatic nitrogens is 2. The number of rotatable bonds is 5. The van der Waals surface area contributed by atoms with Gasteiger partial charge in [0.05, 0.1) is 29.4 Å². The first-order chi connectivity index (χ1) is 11.0. The van der Waals surface area contributed by atoms with Crippen LogP contribution in [0.15, 0.2) is 32.4 Å². The smallest absolute Gasteiger partial charge is 0.293 e. The molecule has 1 amide bonds. The summed E-state index contributed by atoms with van der Waals surface area (Å²) in [6, 6.07) is 3.51. The standard InChI is InChI=1S/C14H14Br2N4O3/c1-20-7-10(16)13(19-20)14(21)18-17-6-8-4-9(15)12(23-3)5-11(8)22-2/h4-7H,1-3H3,(H,18,21). The van der Waals surface area contributed by atoms with Gasteiger partial charge in [-0.15, -0.1) is 0 Å². The van der Waals surface area contributed by atoms with Crippen molar-refractivity contribution in [2.24, 2.45) is 12.1 Å². The molecule has 0 fully saturated rings. The molecule has 0 aliphatic rings. The molecule has 7 nitrogen and oxygen atoms in total. The van der Waals surface area contributed by atoms with Crippen molar-refractivity contribution in [3.63, 3.8) is 0 Å². The lowest BCUT2D eigenvalue weighted by Gasteiger charge is -2.09. The lowest BCUT2D eigenvalue weighted by Crippen LogP contribution is -2.19. The van der Waals surface area contributed by atoms with Gasteiger partial charge < -0.3 is 9.47 Å². The third-order valence-electron chi connectivity index (χ3n) is 2.87. The van der Waals surface area contributed by atoms with Gasteiger partial charge in [0, 0.05) is 24.9 Å². The maximum atomic E-state index is 12.0. The van der Waals surface area contributed by atoms with Crippen LogP contribution in [-0.4, -0.2) is 36.1 Å². The van der Waals surface area contributed by atoms with Gasteiger partial charge in [0.15, 0.2) is 5.69 Å². The first kappa shape index (κ1) is 17.5. The molecule has 0 aliphatic heterocycles. The van der Waals surface area contributed by atoms with Crippen LogP contribution >= 0.6 is 31.9 Å². The van der Waals surface area contributed by atoms with E-state index in [4.69, 9.17) is 9.47 Å². The third kappa shape index (κ3) is 4.11. The van der Waals surface area contributed by atoms with E-state index < -0.39 is 5.91 Å². The minimum atomic E-state index is -0.416. The van der Waals surface area contributed by atoms with Crippen LogP contribution in [0, 0.1) is 0 Å². The topological polar surface area (TPSA) is 77.7 Å². The van der Waals surface area contributed by atoms with Crippen molar-refractivity contribution in [1.29, 1.82) is 0 Å². The van der Waals surface area contributed by atoms with Gasteiger partial charge in [0.25, 0.3) is 5.91 Å². The number of nitrogens with one attached hydrogen (secondary N) is 1. The quantitative estimate of drug-likeness (QED) is 0.567. The van der Waals surface area contributed by atoms with Gasteiger partial charge in [-0.1, -0.05) is 0 Å². The average Bonchev–Trinajstić information content (AvgIpc) is 2.86. The number of hydrogen-bond acceptors (Lipinski definition) is 5. The highest BCUT2D eigenvalue weighted by atomic mass is 79.9. The number of ether oxygens (including phenoxy) is 2. The number of benzene rings is 1. The Balaban J connectivity index is 2.16. The predicted octanol–water partition coefficient (Wildman–Crippen LogP) is 2.73. The van der Waals surface area contributed by atoms with Crippen molar-refractivity contribution in [1.82, 2.24) is 15.2 Å². The molecule has 0 saturated carbocycles. The molecule has 2 rings (SSSR count). The zero-order valence-electron chi connectivity index (χ0n) is 12.6. The molecule has 0 unspecified atom stereocenters. The fourth-order valence-electron chi connectivity index (χ4n) is 1.81. The lowest BCUT2D eigenvalue weighted by atomic mass is 10.2. The van der Waals surface area contributed by atoms with Crippen molar-refractivity contribution < 1.29 is 14.3 Å². The van der Waals surface area contributed by atoms with Gasteiger partial charge in [-0.25, -0.2) is 5.43 Å².